The number of ether oxygens (including phenoxy) is 1. The Balaban J connectivity index is 1.56. The van der Waals surface area contributed by atoms with Crippen LogP contribution in [-0.2, 0) is 4.79 Å². The fourth-order valence-corrected chi connectivity index (χ4v) is 3.12. The fourth-order valence-electron chi connectivity index (χ4n) is 3.12. The highest BCUT2D eigenvalue weighted by atomic mass is 16.5. The number of amides is 1. The first kappa shape index (κ1) is 22.3. The summed E-state index contributed by atoms with van der Waals surface area (Å²) in [4.78, 5) is 16.8. The first-order valence-electron chi connectivity index (χ1n) is 10.7. The van der Waals surface area contributed by atoms with Crippen LogP contribution in [0.4, 0.5) is 11.4 Å². The van der Waals surface area contributed by atoms with Gasteiger partial charge in [0.1, 0.15) is 5.75 Å². The number of nitrogens with zero attached hydrogens (tertiary/aromatic N) is 1. The van der Waals surface area contributed by atoms with Crippen molar-refractivity contribution >= 4 is 23.5 Å². The van der Waals surface area contributed by atoms with Crippen molar-refractivity contribution in [2.24, 2.45) is 4.99 Å². The van der Waals surface area contributed by atoms with Gasteiger partial charge in [-0.3, -0.25) is 9.79 Å². The molecular weight excluding hydrogens is 384 g/mol. The van der Waals surface area contributed by atoms with Gasteiger partial charge in [0.05, 0.1) is 5.69 Å². The van der Waals surface area contributed by atoms with Gasteiger partial charge in [0.15, 0.2) is 6.61 Å². The summed E-state index contributed by atoms with van der Waals surface area (Å²) in [5.74, 6) is 0.995. The molecule has 160 valence electrons. The summed E-state index contributed by atoms with van der Waals surface area (Å²) in [6.07, 6.45) is 2.93. The molecule has 0 spiro atoms. The van der Waals surface area contributed by atoms with Gasteiger partial charge in [0, 0.05) is 11.9 Å². The molecule has 1 N–H and O–H groups in total. The molecule has 3 aromatic carbocycles. The molecule has 4 heteroatoms. The Morgan fingerprint density at radius 3 is 2.52 bits per heavy atom. The lowest BCUT2D eigenvalue weighted by Crippen LogP contribution is -2.20. The number of aryl methyl sites for hydroxylation is 2. The van der Waals surface area contributed by atoms with Crippen molar-refractivity contribution in [3.8, 4) is 5.75 Å². The van der Waals surface area contributed by atoms with Crippen molar-refractivity contribution in [2.75, 3.05) is 11.9 Å². The number of hydrogen-bond acceptors (Lipinski definition) is 3. The standard InChI is InChI=1S/C27H30N2O2/c1-5-19(2)23-10-13-24(14-11-23)28-17-22-7-6-8-26(16-22)31-18-27(30)29-25-12-9-20(3)21(4)15-25/h6-17,19H,5,18H2,1-4H3,(H,29,30)/t19-/m0/s1. The van der Waals surface area contributed by atoms with Crippen LogP contribution in [0.25, 0.3) is 0 Å². The zero-order chi connectivity index (χ0) is 22.2. The molecular formula is C27H30N2O2. The van der Waals surface area contributed by atoms with Crippen molar-refractivity contribution in [3.05, 3.63) is 89.0 Å². The third-order valence-electron chi connectivity index (χ3n) is 5.46. The Morgan fingerprint density at radius 1 is 1.03 bits per heavy atom. The molecule has 0 aliphatic carbocycles. The van der Waals surface area contributed by atoms with E-state index in [1.54, 1.807) is 6.21 Å². The van der Waals surface area contributed by atoms with Gasteiger partial charge in [-0.1, -0.05) is 44.2 Å². The topological polar surface area (TPSA) is 50.7 Å². The molecule has 0 bridgehead atoms. The summed E-state index contributed by atoms with van der Waals surface area (Å²) >= 11 is 0. The zero-order valence-electron chi connectivity index (χ0n) is 18.7. The van der Waals surface area contributed by atoms with E-state index in [0.29, 0.717) is 11.7 Å². The second-order valence-corrected chi connectivity index (χ2v) is 7.87. The smallest absolute Gasteiger partial charge is 0.262 e. The van der Waals surface area contributed by atoms with E-state index in [4.69, 9.17) is 4.74 Å². The number of hydrogen-bond donors (Lipinski definition) is 1. The SMILES string of the molecule is CC[C@H](C)c1ccc(N=Cc2cccc(OCC(=O)Nc3ccc(C)c(C)c3)c2)cc1. The van der Waals surface area contributed by atoms with Gasteiger partial charge < -0.3 is 10.1 Å². The molecule has 0 radical (unpaired) electrons. The molecule has 3 rings (SSSR count). The zero-order valence-corrected chi connectivity index (χ0v) is 18.7. The molecule has 0 aliphatic heterocycles. The lowest BCUT2D eigenvalue weighted by molar-refractivity contribution is -0.118. The molecule has 4 nitrogen and oxygen atoms in total. The molecule has 3 aromatic rings. The number of carbonyl (C=O) groups excluding carboxylic acids is 1. The first-order valence-corrected chi connectivity index (χ1v) is 10.7. The highest BCUT2D eigenvalue weighted by Gasteiger charge is 2.05. The normalized spacial score (nSPS) is 12.0. The lowest BCUT2D eigenvalue weighted by atomic mass is 9.99. The highest BCUT2D eigenvalue weighted by molar-refractivity contribution is 5.92. The van der Waals surface area contributed by atoms with Gasteiger partial charge >= 0.3 is 0 Å². The molecule has 31 heavy (non-hydrogen) atoms. The summed E-state index contributed by atoms with van der Waals surface area (Å²) in [5.41, 5.74) is 6.26. The monoisotopic (exact) mass is 414 g/mol. The van der Waals surface area contributed by atoms with Gasteiger partial charge in [-0.15, -0.1) is 0 Å². The second kappa shape index (κ2) is 10.6. The van der Waals surface area contributed by atoms with Crippen molar-refractivity contribution in [1.82, 2.24) is 0 Å². The number of nitrogens with one attached hydrogen (secondary N) is 1. The largest absolute Gasteiger partial charge is 0.484 e. The predicted octanol–water partition coefficient (Wildman–Crippen LogP) is 6.59. The molecule has 0 heterocycles. The van der Waals surface area contributed by atoms with Crippen LogP contribution < -0.4 is 10.1 Å². The number of anilines is 1. The van der Waals surface area contributed by atoms with Crippen molar-refractivity contribution in [2.45, 2.75) is 40.0 Å². The summed E-state index contributed by atoms with van der Waals surface area (Å²) < 4.78 is 5.67. The second-order valence-electron chi connectivity index (χ2n) is 7.87. The van der Waals surface area contributed by atoms with Gasteiger partial charge in [0.25, 0.3) is 5.91 Å². The van der Waals surface area contributed by atoms with Gasteiger partial charge in [-0.2, -0.15) is 0 Å². The minimum Gasteiger partial charge on any atom is -0.484 e. The fraction of sp³-hybridized carbons (Fsp3) is 0.259. The highest BCUT2D eigenvalue weighted by Crippen LogP contribution is 2.22. The minimum atomic E-state index is -0.191. The van der Waals surface area contributed by atoms with E-state index >= 15 is 0 Å². The Kier molecular flexibility index (Phi) is 7.60. The molecule has 1 amide bonds. The number of rotatable bonds is 8. The van der Waals surface area contributed by atoms with E-state index in [-0.39, 0.29) is 12.5 Å². The molecule has 1 atom stereocenters. The molecule has 0 saturated heterocycles. The predicted molar refractivity (Wildman–Crippen MR) is 129 cm³/mol. The van der Waals surface area contributed by atoms with Crippen LogP contribution >= 0.6 is 0 Å². The van der Waals surface area contributed by atoms with Crippen molar-refractivity contribution in [1.29, 1.82) is 0 Å². The molecule has 0 fully saturated rings. The average molecular weight is 415 g/mol. The maximum atomic E-state index is 12.2. The Morgan fingerprint density at radius 2 is 1.81 bits per heavy atom. The number of benzene rings is 3. The Bertz CT molecular complexity index is 1060. The summed E-state index contributed by atoms with van der Waals surface area (Å²) in [5, 5.41) is 2.87. The maximum Gasteiger partial charge on any atom is 0.262 e. The summed E-state index contributed by atoms with van der Waals surface area (Å²) in [6, 6.07) is 21.7. The van der Waals surface area contributed by atoms with Crippen molar-refractivity contribution in [3.63, 3.8) is 0 Å². The van der Waals surface area contributed by atoms with Crippen LogP contribution in [0.3, 0.4) is 0 Å². The quantitative estimate of drug-likeness (QED) is 0.423. The van der Waals surface area contributed by atoms with Gasteiger partial charge in [-0.05, 0) is 84.8 Å². The van der Waals surface area contributed by atoms with Gasteiger partial charge in [-0.25, -0.2) is 0 Å². The van der Waals surface area contributed by atoms with E-state index in [0.717, 1.165) is 28.9 Å². The minimum absolute atomic E-state index is 0.0510. The van der Waals surface area contributed by atoms with Crippen LogP contribution in [0, 0.1) is 13.8 Å². The average Bonchev–Trinajstić information content (AvgIpc) is 2.79. The Hall–Kier alpha value is -3.40. The van der Waals surface area contributed by atoms with E-state index in [2.05, 4.69) is 36.3 Å². The van der Waals surface area contributed by atoms with Crippen LogP contribution in [0.2, 0.25) is 0 Å². The maximum absolute atomic E-state index is 12.2. The van der Waals surface area contributed by atoms with Crippen LogP contribution in [0.5, 0.6) is 5.75 Å². The van der Waals surface area contributed by atoms with Gasteiger partial charge in [0.2, 0.25) is 0 Å². The third kappa shape index (κ3) is 6.54. The summed E-state index contributed by atoms with van der Waals surface area (Å²) in [7, 11) is 0. The van der Waals surface area contributed by atoms with Crippen LogP contribution in [0.1, 0.15) is 48.4 Å². The van der Waals surface area contributed by atoms with Crippen LogP contribution in [0.15, 0.2) is 71.7 Å². The van der Waals surface area contributed by atoms with E-state index in [1.165, 1.54) is 11.1 Å². The summed E-state index contributed by atoms with van der Waals surface area (Å²) in [6.45, 7) is 8.44. The molecule has 0 aliphatic rings. The lowest BCUT2D eigenvalue weighted by Gasteiger charge is -2.09. The van der Waals surface area contributed by atoms with E-state index in [9.17, 15) is 4.79 Å². The molecule has 0 aromatic heterocycles. The number of aliphatic imine (C=N–C) groups is 1. The first-order chi connectivity index (χ1) is 14.9. The molecule has 0 unspecified atom stereocenters. The van der Waals surface area contributed by atoms with E-state index in [1.807, 2.05) is 68.4 Å². The van der Waals surface area contributed by atoms with E-state index < -0.39 is 0 Å². The molecule has 0 saturated carbocycles. The Labute approximate surface area is 185 Å². The number of carbonyl (C=O) groups is 1. The van der Waals surface area contributed by atoms with Crippen LogP contribution in [-0.4, -0.2) is 18.7 Å². The third-order valence-corrected chi connectivity index (χ3v) is 5.46. The van der Waals surface area contributed by atoms with Crippen molar-refractivity contribution < 1.29 is 9.53 Å².